The summed E-state index contributed by atoms with van der Waals surface area (Å²) in [5, 5.41) is 3.72. The first-order chi connectivity index (χ1) is 9.88. The van der Waals surface area contributed by atoms with Crippen molar-refractivity contribution in [1.82, 2.24) is 5.32 Å². The Balaban J connectivity index is 2.15. The molecule has 0 amide bonds. The number of hydrogen-bond acceptors (Lipinski definition) is 3. The lowest BCUT2D eigenvalue weighted by molar-refractivity contribution is 0.0835. The van der Waals surface area contributed by atoms with Crippen molar-refractivity contribution in [3.8, 4) is 0 Å². The highest BCUT2D eigenvalue weighted by molar-refractivity contribution is 5.54. The van der Waals surface area contributed by atoms with E-state index in [0.29, 0.717) is 12.1 Å². The maximum absolute atomic E-state index is 5.76. The molecule has 0 saturated carbocycles. The molecule has 1 atom stereocenters. The van der Waals surface area contributed by atoms with Crippen LogP contribution in [0.5, 0.6) is 0 Å². The van der Waals surface area contributed by atoms with Gasteiger partial charge in [-0.3, -0.25) is 0 Å². The van der Waals surface area contributed by atoms with Crippen LogP contribution in [0.25, 0.3) is 0 Å². The number of anilines is 1. The van der Waals surface area contributed by atoms with E-state index in [1.807, 2.05) is 0 Å². The van der Waals surface area contributed by atoms with Gasteiger partial charge in [0, 0.05) is 31.4 Å². The third-order valence-corrected chi connectivity index (χ3v) is 4.13. The molecule has 1 unspecified atom stereocenters. The minimum absolute atomic E-state index is 0.249. The molecule has 1 aliphatic heterocycles. The van der Waals surface area contributed by atoms with Crippen molar-refractivity contribution in [2.45, 2.75) is 53.3 Å². The first-order valence-electron chi connectivity index (χ1n) is 8.06. The van der Waals surface area contributed by atoms with E-state index in [9.17, 15) is 0 Å². The Morgan fingerprint density at radius 1 is 1.29 bits per heavy atom. The zero-order valence-corrected chi connectivity index (χ0v) is 14.1. The summed E-state index contributed by atoms with van der Waals surface area (Å²) >= 11 is 0. The van der Waals surface area contributed by atoms with E-state index < -0.39 is 0 Å². The highest BCUT2D eigenvalue weighted by Crippen LogP contribution is 2.28. The van der Waals surface area contributed by atoms with E-state index in [1.165, 1.54) is 11.3 Å². The van der Waals surface area contributed by atoms with E-state index in [-0.39, 0.29) is 5.41 Å². The lowest BCUT2D eigenvalue weighted by Gasteiger charge is -2.35. The third-order valence-electron chi connectivity index (χ3n) is 4.13. The predicted octanol–water partition coefficient (Wildman–Crippen LogP) is 3.44. The van der Waals surface area contributed by atoms with Gasteiger partial charge < -0.3 is 15.0 Å². The molecular weight excluding hydrogens is 260 g/mol. The van der Waals surface area contributed by atoms with Crippen LogP contribution in [0.3, 0.4) is 0 Å². The average molecular weight is 290 g/mol. The van der Waals surface area contributed by atoms with Crippen LogP contribution in [0.1, 0.15) is 40.2 Å². The highest BCUT2D eigenvalue weighted by Gasteiger charge is 2.29. The van der Waals surface area contributed by atoms with Gasteiger partial charge >= 0.3 is 0 Å². The summed E-state index contributed by atoms with van der Waals surface area (Å²) in [6.07, 6.45) is 0.295. The molecule has 21 heavy (non-hydrogen) atoms. The van der Waals surface area contributed by atoms with Crippen molar-refractivity contribution in [3.63, 3.8) is 0 Å². The van der Waals surface area contributed by atoms with Gasteiger partial charge in [-0.1, -0.05) is 39.0 Å². The first kappa shape index (κ1) is 16.3. The SMILES string of the molecule is CC(C)OCCN1CC(C(C)(C)C)NCc2ccccc21. The largest absolute Gasteiger partial charge is 0.377 e. The van der Waals surface area contributed by atoms with Crippen molar-refractivity contribution in [2.24, 2.45) is 5.41 Å². The topological polar surface area (TPSA) is 24.5 Å². The standard InChI is InChI=1S/C18H30N2O/c1-14(2)21-11-10-20-13-17(18(3,4)5)19-12-15-8-6-7-9-16(15)20/h6-9,14,17,19H,10-13H2,1-5H3. The maximum Gasteiger partial charge on any atom is 0.0645 e. The molecule has 0 aromatic heterocycles. The molecule has 0 fully saturated rings. The zero-order chi connectivity index (χ0) is 15.5. The monoisotopic (exact) mass is 290 g/mol. The van der Waals surface area contributed by atoms with Gasteiger partial charge in [-0.05, 0) is 30.9 Å². The number of ether oxygens (including phenoxy) is 1. The van der Waals surface area contributed by atoms with Crippen LogP contribution in [0, 0.1) is 5.41 Å². The average Bonchev–Trinajstić information content (AvgIpc) is 2.58. The Morgan fingerprint density at radius 3 is 2.67 bits per heavy atom. The summed E-state index contributed by atoms with van der Waals surface area (Å²) in [6.45, 7) is 14.8. The second-order valence-corrected chi connectivity index (χ2v) is 7.29. The number of benzene rings is 1. The number of fused-ring (bicyclic) bond motifs is 1. The number of nitrogens with zero attached hydrogens (tertiary/aromatic N) is 1. The molecule has 0 radical (unpaired) electrons. The van der Waals surface area contributed by atoms with Crippen LogP contribution in [0.4, 0.5) is 5.69 Å². The van der Waals surface area contributed by atoms with Gasteiger partial charge in [0.05, 0.1) is 12.7 Å². The first-order valence-corrected chi connectivity index (χ1v) is 8.06. The van der Waals surface area contributed by atoms with Gasteiger partial charge in [0.2, 0.25) is 0 Å². The van der Waals surface area contributed by atoms with Gasteiger partial charge in [-0.25, -0.2) is 0 Å². The smallest absolute Gasteiger partial charge is 0.0645 e. The molecule has 2 rings (SSSR count). The highest BCUT2D eigenvalue weighted by atomic mass is 16.5. The van der Waals surface area contributed by atoms with E-state index in [4.69, 9.17) is 4.74 Å². The van der Waals surface area contributed by atoms with Crippen LogP contribution in [0.2, 0.25) is 0 Å². The summed E-state index contributed by atoms with van der Waals surface area (Å²) in [4.78, 5) is 2.48. The van der Waals surface area contributed by atoms with Crippen LogP contribution in [-0.4, -0.2) is 31.8 Å². The van der Waals surface area contributed by atoms with Gasteiger partial charge in [0.15, 0.2) is 0 Å². The molecular formula is C18H30N2O. The van der Waals surface area contributed by atoms with Crippen LogP contribution in [0.15, 0.2) is 24.3 Å². The summed E-state index contributed by atoms with van der Waals surface area (Å²) in [6, 6.07) is 9.19. The summed E-state index contributed by atoms with van der Waals surface area (Å²) < 4.78 is 5.76. The van der Waals surface area contributed by atoms with Crippen LogP contribution in [-0.2, 0) is 11.3 Å². The minimum atomic E-state index is 0.249. The molecule has 1 aliphatic rings. The van der Waals surface area contributed by atoms with Gasteiger partial charge in [0.25, 0.3) is 0 Å². The Kier molecular flexibility index (Phi) is 5.28. The molecule has 118 valence electrons. The fraction of sp³-hybridized carbons (Fsp3) is 0.667. The van der Waals surface area contributed by atoms with Crippen molar-refractivity contribution >= 4 is 5.69 Å². The number of nitrogens with one attached hydrogen (secondary N) is 1. The fourth-order valence-electron chi connectivity index (χ4n) is 2.78. The molecule has 1 heterocycles. The summed E-state index contributed by atoms with van der Waals surface area (Å²) in [5.41, 5.74) is 2.98. The van der Waals surface area contributed by atoms with Crippen molar-refractivity contribution in [3.05, 3.63) is 29.8 Å². The molecule has 1 N–H and O–H groups in total. The second-order valence-electron chi connectivity index (χ2n) is 7.29. The molecule has 0 saturated heterocycles. The van der Waals surface area contributed by atoms with E-state index in [1.54, 1.807) is 0 Å². The van der Waals surface area contributed by atoms with Crippen LogP contribution < -0.4 is 10.2 Å². The third kappa shape index (κ3) is 4.45. The lowest BCUT2D eigenvalue weighted by Crippen LogP contribution is -2.47. The number of rotatable bonds is 4. The van der Waals surface area contributed by atoms with Crippen molar-refractivity contribution in [2.75, 3.05) is 24.6 Å². The Hall–Kier alpha value is -1.06. The van der Waals surface area contributed by atoms with Crippen molar-refractivity contribution in [1.29, 1.82) is 0 Å². The molecule has 1 aromatic rings. The van der Waals surface area contributed by atoms with Gasteiger partial charge in [-0.2, -0.15) is 0 Å². The zero-order valence-electron chi connectivity index (χ0n) is 14.1. The van der Waals surface area contributed by atoms with Gasteiger partial charge in [-0.15, -0.1) is 0 Å². The molecule has 0 bridgehead atoms. The van der Waals surface area contributed by atoms with E-state index >= 15 is 0 Å². The lowest BCUT2D eigenvalue weighted by atomic mass is 9.86. The normalized spacial score (nSPS) is 19.5. The quantitative estimate of drug-likeness (QED) is 0.919. The summed E-state index contributed by atoms with van der Waals surface area (Å²) in [7, 11) is 0. The second kappa shape index (κ2) is 6.80. The summed E-state index contributed by atoms with van der Waals surface area (Å²) in [5.74, 6) is 0. The number of hydrogen-bond donors (Lipinski definition) is 1. The fourth-order valence-corrected chi connectivity index (χ4v) is 2.78. The molecule has 0 aliphatic carbocycles. The maximum atomic E-state index is 5.76. The molecule has 1 aromatic carbocycles. The van der Waals surface area contributed by atoms with Gasteiger partial charge in [0.1, 0.15) is 0 Å². The minimum Gasteiger partial charge on any atom is -0.377 e. The molecule has 0 spiro atoms. The number of para-hydroxylation sites is 1. The molecule has 3 heteroatoms. The van der Waals surface area contributed by atoms with Crippen molar-refractivity contribution < 1.29 is 4.74 Å². The van der Waals surface area contributed by atoms with E-state index in [0.717, 1.165) is 26.2 Å². The Bertz CT molecular complexity index is 451. The van der Waals surface area contributed by atoms with E-state index in [2.05, 4.69) is 69.1 Å². The Morgan fingerprint density at radius 2 is 2.00 bits per heavy atom. The van der Waals surface area contributed by atoms with Crippen LogP contribution >= 0.6 is 0 Å². The Labute approximate surface area is 129 Å². The predicted molar refractivity (Wildman–Crippen MR) is 89.8 cm³/mol. The molecule has 3 nitrogen and oxygen atoms in total.